The average molecular weight is 683 g/mol. The summed E-state index contributed by atoms with van der Waals surface area (Å²) in [5, 5.41) is 5.47. The number of amides is 2. The van der Waals surface area contributed by atoms with Gasteiger partial charge in [0.2, 0.25) is 20.0 Å². The number of hydrogen-bond acceptors (Lipinski definition) is 6. The maximum Gasteiger partial charge on any atom is 0.255 e. The zero-order valence-electron chi connectivity index (χ0n) is 26.3. The summed E-state index contributed by atoms with van der Waals surface area (Å²) in [6.45, 7) is 0.444. The number of hydrogen-bond donors (Lipinski definition) is 2. The monoisotopic (exact) mass is 682 g/mol. The zero-order valence-corrected chi connectivity index (χ0v) is 27.9. The van der Waals surface area contributed by atoms with Crippen LogP contribution < -0.4 is 10.6 Å². The lowest BCUT2D eigenvalue weighted by Crippen LogP contribution is -2.26. The van der Waals surface area contributed by atoms with Crippen LogP contribution in [-0.2, 0) is 33.1 Å². The third-order valence-electron chi connectivity index (χ3n) is 7.55. The molecule has 0 aliphatic carbocycles. The van der Waals surface area contributed by atoms with Crippen molar-refractivity contribution in [2.24, 2.45) is 0 Å². The van der Waals surface area contributed by atoms with Crippen LogP contribution in [0.1, 0.15) is 31.8 Å². The van der Waals surface area contributed by atoms with Crippen molar-refractivity contribution in [2.75, 3.05) is 24.7 Å². The van der Waals surface area contributed by atoms with Crippen LogP contribution in [0.5, 0.6) is 0 Å². The van der Waals surface area contributed by atoms with Crippen molar-refractivity contribution in [3.05, 3.63) is 156 Å². The van der Waals surface area contributed by atoms with Gasteiger partial charge in [-0.2, -0.15) is 8.61 Å². The van der Waals surface area contributed by atoms with Crippen LogP contribution in [0, 0.1) is 0 Å². The molecule has 0 unspecified atom stereocenters. The Morgan fingerprint density at radius 3 is 1.10 bits per heavy atom. The van der Waals surface area contributed by atoms with Crippen molar-refractivity contribution in [3.63, 3.8) is 0 Å². The van der Waals surface area contributed by atoms with Crippen molar-refractivity contribution >= 4 is 43.2 Å². The minimum atomic E-state index is -3.74. The first-order valence-electron chi connectivity index (χ1n) is 14.9. The number of anilines is 2. The third-order valence-corrected chi connectivity index (χ3v) is 11.2. The zero-order chi connectivity index (χ0) is 34.3. The number of nitrogens with zero attached hydrogens (tertiary/aromatic N) is 2. The SMILES string of the molecule is CN(Cc1ccccc1)S(=O)(=O)c1ccc(NC(=O)c2ccc(C(=O)Nc3ccc(S(=O)(=O)N(C)Cc4ccccc4)cc3)cc2)cc1. The predicted molar refractivity (Wildman–Crippen MR) is 185 cm³/mol. The highest BCUT2D eigenvalue weighted by Gasteiger charge is 2.22. The second kappa shape index (κ2) is 14.7. The molecule has 0 bridgehead atoms. The van der Waals surface area contributed by atoms with Gasteiger partial charge in [0.25, 0.3) is 11.8 Å². The summed E-state index contributed by atoms with van der Waals surface area (Å²) < 4.78 is 54.6. The van der Waals surface area contributed by atoms with E-state index in [4.69, 9.17) is 0 Å². The van der Waals surface area contributed by atoms with Crippen LogP contribution in [0.15, 0.2) is 143 Å². The van der Waals surface area contributed by atoms with Crippen LogP contribution >= 0.6 is 0 Å². The minimum Gasteiger partial charge on any atom is -0.322 e. The maximum atomic E-state index is 13.0. The molecular formula is C36H34N4O6S2. The summed E-state index contributed by atoms with van der Waals surface area (Å²) in [6, 6.07) is 36.3. The van der Waals surface area contributed by atoms with E-state index < -0.39 is 31.9 Å². The van der Waals surface area contributed by atoms with Gasteiger partial charge in [-0.05, 0) is 83.9 Å². The van der Waals surface area contributed by atoms with Gasteiger partial charge in [-0.15, -0.1) is 0 Å². The lowest BCUT2D eigenvalue weighted by Gasteiger charge is -2.17. The Morgan fingerprint density at radius 1 is 0.479 bits per heavy atom. The molecule has 0 radical (unpaired) electrons. The summed E-state index contributed by atoms with van der Waals surface area (Å²) in [6.07, 6.45) is 0. The Bertz CT molecular complexity index is 1940. The van der Waals surface area contributed by atoms with Gasteiger partial charge in [0.05, 0.1) is 9.79 Å². The van der Waals surface area contributed by atoms with Gasteiger partial charge in [0.1, 0.15) is 0 Å². The standard InChI is InChI=1S/C36H34N4O6S2/c1-39(25-27-9-5-3-6-10-27)47(43,44)33-21-17-31(18-22-33)37-35(41)29-13-15-30(16-14-29)36(42)38-32-19-23-34(24-20-32)48(45,46)40(2)26-28-11-7-4-8-12-28/h3-24H,25-26H2,1-2H3,(H,37,41)(H,38,42). The Morgan fingerprint density at radius 2 is 0.792 bits per heavy atom. The minimum absolute atomic E-state index is 0.0981. The Labute approximate surface area is 280 Å². The van der Waals surface area contributed by atoms with Gasteiger partial charge in [-0.1, -0.05) is 60.7 Å². The Kier molecular flexibility index (Phi) is 10.5. The fourth-order valence-electron chi connectivity index (χ4n) is 4.81. The van der Waals surface area contributed by atoms with Crippen molar-refractivity contribution in [1.29, 1.82) is 0 Å². The molecule has 12 heteroatoms. The van der Waals surface area contributed by atoms with E-state index in [-0.39, 0.29) is 22.9 Å². The molecule has 246 valence electrons. The Hall–Kier alpha value is -5.14. The molecule has 0 aromatic heterocycles. The van der Waals surface area contributed by atoms with Crippen molar-refractivity contribution in [3.8, 4) is 0 Å². The van der Waals surface area contributed by atoms with Gasteiger partial charge < -0.3 is 10.6 Å². The fourth-order valence-corrected chi connectivity index (χ4v) is 7.13. The van der Waals surface area contributed by atoms with Crippen LogP contribution in [0.25, 0.3) is 0 Å². The molecule has 0 saturated carbocycles. The molecule has 2 amide bonds. The van der Waals surface area contributed by atoms with E-state index in [1.165, 1.54) is 95.5 Å². The van der Waals surface area contributed by atoms with Crippen LogP contribution in [0.3, 0.4) is 0 Å². The number of rotatable bonds is 12. The predicted octanol–water partition coefficient (Wildman–Crippen LogP) is 5.83. The first-order chi connectivity index (χ1) is 22.9. The maximum absolute atomic E-state index is 13.0. The van der Waals surface area contributed by atoms with E-state index in [0.29, 0.717) is 22.5 Å². The first-order valence-corrected chi connectivity index (χ1v) is 17.7. The molecule has 5 rings (SSSR count). The van der Waals surface area contributed by atoms with Gasteiger partial charge in [-0.3, -0.25) is 9.59 Å². The molecule has 0 atom stereocenters. The topological polar surface area (TPSA) is 133 Å². The van der Waals surface area contributed by atoms with Crippen molar-refractivity contribution in [1.82, 2.24) is 8.61 Å². The van der Waals surface area contributed by atoms with Gasteiger partial charge in [-0.25, -0.2) is 16.8 Å². The van der Waals surface area contributed by atoms with E-state index >= 15 is 0 Å². The number of benzene rings is 5. The largest absolute Gasteiger partial charge is 0.322 e. The van der Waals surface area contributed by atoms with Crippen LogP contribution in [0.2, 0.25) is 0 Å². The third kappa shape index (κ3) is 8.22. The number of nitrogens with one attached hydrogen (secondary N) is 2. The fraction of sp³-hybridized carbons (Fsp3) is 0.111. The van der Waals surface area contributed by atoms with Gasteiger partial charge in [0, 0.05) is 49.7 Å². The van der Waals surface area contributed by atoms with E-state index in [0.717, 1.165) is 11.1 Å². The van der Waals surface area contributed by atoms with Crippen molar-refractivity contribution in [2.45, 2.75) is 22.9 Å². The highest BCUT2D eigenvalue weighted by Crippen LogP contribution is 2.22. The van der Waals surface area contributed by atoms with Crippen molar-refractivity contribution < 1.29 is 26.4 Å². The molecule has 0 aliphatic rings. The molecule has 0 spiro atoms. The molecule has 5 aromatic carbocycles. The second-order valence-corrected chi connectivity index (χ2v) is 15.1. The molecule has 0 heterocycles. The normalized spacial score (nSPS) is 11.8. The van der Waals surface area contributed by atoms with Crippen LogP contribution in [-0.4, -0.2) is 51.4 Å². The molecular weight excluding hydrogens is 649 g/mol. The summed E-state index contributed by atoms with van der Waals surface area (Å²) in [7, 11) is -4.45. The van der Waals surface area contributed by atoms with Gasteiger partial charge >= 0.3 is 0 Å². The van der Waals surface area contributed by atoms with E-state index in [9.17, 15) is 26.4 Å². The lowest BCUT2D eigenvalue weighted by molar-refractivity contribution is 0.101. The number of sulfonamides is 2. The summed E-state index contributed by atoms with van der Waals surface area (Å²) in [4.78, 5) is 25.9. The quantitative estimate of drug-likeness (QED) is 0.170. The smallest absolute Gasteiger partial charge is 0.255 e. The Balaban J connectivity index is 1.16. The second-order valence-electron chi connectivity index (χ2n) is 11.0. The van der Waals surface area contributed by atoms with E-state index in [1.807, 2.05) is 60.7 Å². The summed E-state index contributed by atoms with van der Waals surface area (Å²) in [5.41, 5.74) is 3.12. The summed E-state index contributed by atoms with van der Waals surface area (Å²) >= 11 is 0. The molecule has 0 fully saturated rings. The molecule has 10 nitrogen and oxygen atoms in total. The molecule has 0 aliphatic heterocycles. The first kappa shape index (κ1) is 34.2. The van der Waals surface area contributed by atoms with E-state index in [2.05, 4.69) is 10.6 Å². The molecule has 0 saturated heterocycles. The average Bonchev–Trinajstić information content (AvgIpc) is 3.09. The summed E-state index contributed by atoms with van der Waals surface area (Å²) in [5.74, 6) is -0.874. The van der Waals surface area contributed by atoms with E-state index in [1.54, 1.807) is 0 Å². The number of carbonyl (C=O) groups excluding carboxylic acids is 2. The highest BCUT2D eigenvalue weighted by molar-refractivity contribution is 7.89. The van der Waals surface area contributed by atoms with Crippen LogP contribution in [0.4, 0.5) is 11.4 Å². The molecule has 5 aromatic rings. The highest BCUT2D eigenvalue weighted by atomic mass is 32.2. The molecule has 2 N–H and O–H groups in total. The van der Waals surface area contributed by atoms with Gasteiger partial charge in [0.15, 0.2) is 0 Å². The molecule has 48 heavy (non-hydrogen) atoms. The lowest BCUT2D eigenvalue weighted by atomic mass is 10.1. The number of carbonyl (C=O) groups is 2.